The third-order valence-electron chi connectivity index (χ3n) is 10.6. The van der Waals surface area contributed by atoms with Gasteiger partial charge in [-0.25, -0.2) is 17.9 Å². The van der Waals surface area contributed by atoms with Crippen molar-refractivity contribution >= 4 is 39.3 Å². The first-order valence-corrected chi connectivity index (χ1v) is 19.8. The first-order valence-electron chi connectivity index (χ1n) is 17.3. The van der Waals surface area contributed by atoms with Crippen molar-refractivity contribution in [2.45, 2.75) is 93.2 Å². The van der Waals surface area contributed by atoms with Gasteiger partial charge in [0.15, 0.2) is 0 Å². The number of sulfonamides is 1. The summed E-state index contributed by atoms with van der Waals surface area (Å²) >= 11 is 13.4. The molecule has 0 aromatic heterocycles. The molecule has 262 valence electrons. The Bertz CT molecular complexity index is 981. The van der Waals surface area contributed by atoms with Crippen LogP contribution in [0.5, 0.6) is 0 Å². The predicted molar refractivity (Wildman–Crippen MR) is 180 cm³/mol. The SMILES string of the molecule is CC1CCC(NC(=O)NCCOCCOCCOCCNS(=O)(=O)C2CCC(C3CN(C)CC4C(Cl)CC(Cl)CC43)CC2)CC1. The summed E-state index contributed by atoms with van der Waals surface area (Å²) in [6.07, 6.45) is 9.65. The number of likely N-dealkylation sites (tertiary alicyclic amines) is 1. The van der Waals surface area contributed by atoms with Gasteiger partial charge in [-0.15, -0.1) is 23.2 Å². The van der Waals surface area contributed by atoms with E-state index in [9.17, 15) is 13.2 Å². The molecule has 3 saturated carbocycles. The van der Waals surface area contributed by atoms with Gasteiger partial charge in [0.2, 0.25) is 10.0 Å². The summed E-state index contributed by atoms with van der Waals surface area (Å²) in [5.74, 6) is 2.86. The van der Waals surface area contributed by atoms with Crippen LogP contribution in [0.2, 0.25) is 0 Å². The van der Waals surface area contributed by atoms with Crippen molar-refractivity contribution in [2.75, 3.05) is 72.9 Å². The van der Waals surface area contributed by atoms with Crippen LogP contribution in [0.3, 0.4) is 0 Å². The largest absolute Gasteiger partial charge is 0.378 e. The lowest BCUT2D eigenvalue weighted by Gasteiger charge is -2.51. The van der Waals surface area contributed by atoms with E-state index in [2.05, 4.69) is 34.2 Å². The Labute approximate surface area is 281 Å². The molecule has 13 heteroatoms. The average molecular weight is 698 g/mol. The molecule has 3 N–H and O–H groups in total. The maximum absolute atomic E-state index is 13.0. The summed E-state index contributed by atoms with van der Waals surface area (Å²) < 4.78 is 45.3. The van der Waals surface area contributed by atoms with E-state index < -0.39 is 10.0 Å². The van der Waals surface area contributed by atoms with E-state index in [1.165, 1.54) is 12.8 Å². The Morgan fingerprint density at radius 1 is 0.778 bits per heavy atom. The number of ether oxygens (including phenoxy) is 3. The topological polar surface area (TPSA) is 118 Å². The molecule has 0 spiro atoms. The highest BCUT2D eigenvalue weighted by molar-refractivity contribution is 7.90. The highest BCUT2D eigenvalue weighted by Crippen LogP contribution is 2.48. The van der Waals surface area contributed by atoms with Crippen LogP contribution in [0, 0.1) is 29.6 Å². The lowest BCUT2D eigenvalue weighted by Crippen LogP contribution is -2.53. The summed E-state index contributed by atoms with van der Waals surface area (Å²) in [7, 11) is -1.19. The van der Waals surface area contributed by atoms with Crippen LogP contribution in [0.1, 0.15) is 71.1 Å². The second kappa shape index (κ2) is 19.0. The summed E-state index contributed by atoms with van der Waals surface area (Å²) in [6.45, 7) is 7.47. The van der Waals surface area contributed by atoms with Crippen LogP contribution in [0.4, 0.5) is 4.79 Å². The number of amides is 2. The molecule has 1 aliphatic heterocycles. The van der Waals surface area contributed by atoms with Crippen LogP contribution >= 0.6 is 23.2 Å². The van der Waals surface area contributed by atoms with E-state index in [0.29, 0.717) is 82.7 Å². The Morgan fingerprint density at radius 3 is 2.04 bits per heavy atom. The molecular weight excluding hydrogens is 639 g/mol. The van der Waals surface area contributed by atoms with Gasteiger partial charge in [0, 0.05) is 43.0 Å². The minimum atomic E-state index is -3.38. The van der Waals surface area contributed by atoms with Crippen molar-refractivity contribution in [2.24, 2.45) is 29.6 Å². The molecular formula is C32H58Cl2N4O6S. The first kappa shape index (κ1) is 37.4. The minimum Gasteiger partial charge on any atom is -0.378 e. The van der Waals surface area contributed by atoms with Crippen molar-refractivity contribution in [3.63, 3.8) is 0 Å². The lowest BCUT2D eigenvalue weighted by molar-refractivity contribution is 0.0108. The molecule has 3 aliphatic carbocycles. The molecule has 4 rings (SSSR count). The fourth-order valence-electron chi connectivity index (χ4n) is 8.04. The van der Waals surface area contributed by atoms with E-state index in [0.717, 1.165) is 57.5 Å². The number of hydrogen-bond donors (Lipinski definition) is 3. The van der Waals surface area contributed by atoms with Gasteiger partial charge in [0.05, 0.1) is 44.9 Å². The minimum absolute atomic E-state index is 0.127. The van der Waals surface area contributed by atoms with E-state index in [1.807, 2.05) is 0 Å². The zero-order valence-electron chi connectivity index (χ0n) is 27.4. The number of carbonyl (C=O) groups is 1. The molecule has 5 unspecified atom stereocenters. The average Bonchev–Trinajstić information content (AvgIpc) is 3.01. The Balaban J connectivity index is 0.980. The van der Waals surface area contributed by atoms with Gasteiger partial charge in [-0.3, -0.25) is 0 Å². The molecule has 10 nitrogen and oxygen atoms in total. The molecule has 5 atom stereocenters. The van der Waals surface area contributed by atoms with Gasteiger partial charge in [-0.05, 0) is 101 Å². The van der Waals surface area contributed by atoms with Crippen LogP contribution in [0.15, 0.2) is 0 Å². The quantitative estimate of drug-likeness (QED) is 0.164. The Hall–Kier alpha value is -0.400. The monoisotopic (exact) mass is 696 g/mol. The van der Waals surface area contributed by atoms with Crippen molar-refractivity contribution in [3.05, 3.63) is 0 Å². The van der Waals surface area contributed by atoms with E-state index >= 15 is 0 Å². The van der Waals surface area contributed by atoms with Gasteiger partial charge in [-0.2, -0.15) is 0 Å². The maximum atomic E-state index is 13.0. The molecule has 1 saturated heterocycles. The highest BCUT2D eigenvalue weighted by Gasteiger charge is 2.47. The van der Waals surface area contributed by atoms with Gasteiger partial charge < -0.3 is 29.7 Å². The van der Waals surface area contributed by atoms with Gasteiger partial charge in [0.1, 0.15) is 0 Å². The molecule has 2 amide bonds. The number of alkyl halides is 2. The zero-order valence-corrected chi connectivity index (χ0v) is 29.7. The summed E-state index contributed by atoms with van der Waals surface area (Å²) in [6, 6.07) is 0.153. The van der Waals surface area contributed by atoms with Crippen molar-refractivity contribution in [1.82, 2.24) is 20.3 Å². The number of nitrogens with zero attached hydrogens (tertiary/aromatic N) is 1. The molecule has 1 heterocycles. The standard InChI is InChI=1S/C32H58Cl2N4O6S/c1-23-3-7-26(8-4-23)37-32(39)35-11-13-42-15-17-44-18-16-43-14-12-36-45(40,41)27-9-5-24(6-10-27)29-21-38(2)22-30-28(29)19-25(33)20-31(30)34/h23-31,36H,3-22H2,1-2H3,(H2,35,37,39). The first-order chi connectivity index (χ1) is 21.6. The number of fused-ring (bicyclic) bond motifs is 1. The summed E-state index contributed by atoms with van der Waals surface area (Å²) in [4.78, 5) is 14.4. The predicted octanol–water partition coefficient (Wildman–Crippen LogP) is 4.19. The maximum Gasteiger partial charge on any atom is 0.315 e. The van der Waals surface area contributed by atoms with Crippen LogP contribution in [-0.4, -0.2) is 114 Å². The molecule has 0 bridgehead atoms. The Morgan fingerprint density at radius 2 is 1.38 bits per heavy atom. The van der Waals surface area contributed by atoms with E-state index in [4.69, 9.17) is 37.4 Å². The smallest absolute Gasteiger partial charge is 0.315 e. The van der Waals surface area contributed by atoms with Crippen LogP contribution in [0.25, 0.3) is 0 Å². The van der Waals surface area contributed by atoms with Gasteiger partial charge in [-0.1, -0.05) is 6.92 Å². The molecule has 4 aliphatic rings. The summed E-state index contributed by atoms with van der Waals surface area (Å²) in [5.41, 5.74) is 0. The number of urea groups is 1. The van der Waals surface area contributed by atoms with Crippen LogP contribution < -0.4 is 15.4 Å². The van der Waals surface area contributed by atoms with Crippen molar-refractivity contribution < 1.29 is 27.4 Å². The van der Waals surface area contributed by atoms with E-state index in [1.54, 1.807) is 0 Å². The third kappa shape index (κ3) is 12.2. The highest BCUT2D eigenvalue weighted by atomic mass is 35.5. The number of halogens is 2. The normalized spacial score (nSPS) is 34.6. The van der Waals surface area contributed by atoms with Crippen molar-refractivity contribution in [3.8, 4) is 0 Å². The third-order valence-corrected chi connectivity index (χ3v) is 13.4. The number of nitrogens with one attached hydrogen (secondary N) is 3. The number of hydrogen-bond acceptors (Lipinski definition) is 7. The molecule has 4 fully saturated rings. The molecule has 0 aromatic carbocycles. The number of carbonyl (C=O) groups excluding carboxylic acids is 1. The van der Waals surface area contributed by atoms with Crippen molar-refractivity contribution in [1.29, 1.82) is 0 Å². The van der Waals surface area contributed by atoms with E-state index in [-0.39, 0.29) is 34.6 Å². The molecule has 0 radical (unpaired) electrons. The number of rotatable bonds is 16. The summed E-state index contributed by atoms with van der Waals surface area (Å²) in [5, 5.41) is 5.82. The Kier molecular flexibility index (Phi) is 15.8. The second-order valence-corrected chi connectivity index (χ2v) is 17.2. The fourth-order valence-corrected chi connectivity index (χ4v) is 10.5. The molecule has 0 aromatic rings. The molecule has 45 heavy (non-hydrogen) atoms. The van der Waals surface area contributed by atoms with Crippen LogP contribution in [-0.2, 0) is 24.2 Å². The second-order valence-electron chi connectivity index (χ2n) is 14.0. The van der Waals surface area contributed by atoms with Gasteiger partial charge in [0.25, 0.3) is 0 Å². The lowest BCUT2D eigenvalue weighted by atomic mass is 9.63. The number of piperidine rings is 1. The van der Waals surface area contributed by atoms with Gasteiger partial charge >= 0.3 is 6.03 Å². The fraction of sp³-hybridized carbons (Fsp3) is 0.969. The zero-order chi connectivity index (χ0) is 32.2.